The van der Waals surface area contributed by atoms with Gasteiger partial charge in [0.25, 0.3) is 0 Å². The molecule has 124 valence electrons. The monoisotopic (exact) mass is 327 g/mol. The molecule has 6 nitrogen and oxygen atoms in total. The number of nitrogens with one attached hydrogen (secondary N) is 1. The molecule has 0 aliphatic carbocycles. The number of rotatable bonds is 4. The first kappa shape index (κ1) is 17.3. The Morgan fingerprint density at radius 1 is 1.38 bits per heavy atom. The van der Waals surface area contributed by atoms with Gasteiger partial charge in [0.15, 0.2) is 5.82 Å². The van der Waals surface area contributed by atoms with Crippen molar-refractivity contribution in [2.75, 3.05) is 11.1 Å². The van der Waals surface area contributed by atoms with Crippen LogP contribution in [0.5, 0.6) is 0 Å². The SMILES string of the molecule is C=N/C=C\C(C)=C(/C)c1nc(N)c2cnc(NC(C)=O)cc2c1F. The topological polar surface area (TPSA) is 93.3 Å². The summed E-state index contributed by atoms with van der Waals surface area (Å²) in [6, 6.07) is 1.44. The maximum atomic E-state index is 14.9. The zero-order valence-electron chi connectivity index (χ0n) is 13.7. The van der Waals surface area contributed by atoms with Crippen molar-refractivity contribution in [2.24, 2.45) is 4.99 Å². The Labute approximate surface area is 139 Å². The van der Waals surface area contributed by atoms with Crippen LogP contribution in [0.25, 0.3) is 16.3 Å². The summed E-state index contributed by atoms with van der Waals surface area (Å²) in [4.78, 5) is 23.0. The molecule has 0 atom stereocenters. The van der Waals surface area contributed by atoms with Gasteiger partial charge in [0.05, 0.1) is 0 Å². The van der Waals surface area contributed by atoms with Crippen LogP contribution in [-0.2, 0) is 4.79 Å². The fraction of sp³-hybridized carbons (Fsp3) is 0.176. The zero-order chi connectivity index (χ0) is 17.9. The Morgan fingerprint density at radius 2 is 2.08 bits per heavy atom. The zero-order valence-corrected chi connectivity index (χ0v) is 13.7. The molecule has 1 amide bonds. The molecule has 7 heteroatoms. The lowest BCUT2D eigenvalue weighted by atomic mass is 10.0. The Bertz CT molecular complexity index is 886. The summed E-state index contributed by atoms with van der Waals surface area (Å²) in [5.74, 6) is -0.399. The molecule has 2 aromatic heterocycles. The van der Waals surface area contributed by atoms with Gasteiger partial charge in [-0.1, -0.05) is 0 Å². The number of aromatic nitrogens is 2. The summed E-state index contributed by atoms with van der Waals surface area (Å²) in [5, 5.41) is 3.16. The Hall–Kier alpha value is -3.09. The van der Waals surface area contributed by atoms with Crippen molar-refractivity contribution in [3.05, 3.63) is 41.6 Å². The fourth-order valence-electron chi connectivity index (χ4n) is 2.17. The number of anilines is 2. The average molecular weight is 327 g/mol. The average Bonchev–Trinajstić information content (AvgIpc) is 2.54. The maximum Gasteiger partial charge on any atom is 0.222 e. The van der Waals surface area contributed by atoms with Crippen LogP contribution in [0.1, 0.15) is 26.5 Å². The smallest absolute Gasteiger partial charge is 0.222 e. The number of carbonyl (C=O) groups excluding carboxylic acids is 1. The highest BCUT2D eigenvalue weighted by molar-refractivity contribution is 5.96. The molecule has 0 saturated carbocycles. The number of nitrogen functional groups attached to an aromatic ring is 1. The molecule has 2 heterocycles. The number of allylic oxidation sites excluding steroid dienone is 3. The molecule has 0 unspecified atom stereocenters. The fourth-order valence-corrected chi connectivity index (χ4v) is 2.17. The van der Waals surface area contributed by atoms with Crippen LogP contribution in [0.4, 0.5) is 16.0 Å². The summed E-state index contributed by atoms with van der Waals surface area (Å²) < 4.78 is 14.9. The van der Waals surface area contributed by atoms with E-state index < -0.39 is 5.82 Å². The highest BCUT2D eigenvalue weighted by Gasteiger charge is 2.16. The van der Waals surface area contributed by atoms with Gasteiger partial charge < -0.3 is 11.1 Å². The lowest BCUT2D eigenvalue weighted by Crippen LogP contribution is -2.08. The highest BCUT2D eigenvalue weighted by atomic mass is 19.1. The summed E-state index contributed by atoms with van der Waals surface area (Å²) in [7, 11) is 0. The number of amides is 1. The molecule has 0 fully saturated rings. The van der Waals surface area contributed by atoms with E-state index in [4.69, 9.17) is 5.73 Å². The van der Waals surface area contributed by atoms with E-state index in [1.807, 2.05) is 6.92 Å². The van der Waals surface area contributed by atoms with Crippen molar-refractivity contribution in [3.8, 4) is 0 Å². The summed E-state index contributed by atoms with van der Waals surface area (Å²) in [5.41, 5.74) is 7.49. The first-order chi connectivity index (χ1) is 11.3. The van der Waals surface area contributed by atoms with Crippen molar-refractivity contribution < 1.29 is 9.18 Å². The molecular weight excluding hydrogens is 309 g/mol. The van der Waals surface area contributed by atoms with E-state index in [1.54, 1.807) is 13.0 Å². The molecular formula is C17H18FN5O. The van der Waals surface area contributed by atoms with Gasteiger partial charge in [0.1, 0.15) is 17.3 Å². The summed E-state index contributed by atoms with van der Waals surface area (Å²) in [6.45, 7) is 8.27. The number of fused-ring (bicyclic) bond motifs is 1. The Morgan fingerprint density at radius 3 is 2.71 bits per heavy atom. The molecule has 0 aliphatic heterocycles. The molecule has 0 bridgehead atoms. The standard InChI is InChI=1S/C17H18FN5O/c1-9(5-6-20-4)10(2)16-15(18)12-7-14(22-11(3)24)21-8-13(12)17(19)23-16/h5-8H,4H2,1-3H3,(H2,19,23)(H,21,22,24)/b6-5-,10-9+. The number of aliphatic imine (C=N–C) groups is 1. The first-order valence-corrected chi connectivity index (χ1v) is 7.17. The minimum Gasteiger partial charge on any atom is -0.383 e. The number of carbonyl (C=O) groups is 1. The third-order valence-electron chi connectivity index (χ3n) is 3.54. The van der Waals surface area contributed by atoms with Gasteiger partial charge in [-0.2, -0.15) is 0 Å². The predicted molar refractivity (Wildman–Crippen MR) is 95.2 cm³/mol. The van der Waals surface area contributed by atoms with E-state index in [-0.39, 0.29) is 28.6 Å². The molecule has 24 heavy (non-hydrogen) atoms. The number of halogens is 1. The molecule has 0 aromatic carbocycles. The number of nitrogens with zero attached hydrogens (tertiary/aromatic N) is 3. The number of pyridine rings is 2. The third kappa shape index (κ3) is 3.45. The van der Waals surface area contributed by atoms with E-state index >= 15 is 0 Å². The van der Waals surface area contributed by atoms with E-state index in [2.05, 4.69) is 27.0 Å². The van der Waals surface area contributed by atoms with Gasteiger partial charge in [-0.05, 0) is 43.9 Å². The van der Waals surface area contributed by atoms with Crippen LogP contribution in [0.2, 0.25) is 0 Å². The van der Waals surface area contributed by atoms with Gasteiger partial charge in [-0.25, -0.2) is 14.4 Å². The summed E-state index contributed by atoms with van der Waals surface area (Å²) >= 11 is 0. The van der Waals surface area contributed by atoms with E-state index in [0.717, 1.165) is 5.57 Å². The van der Waals surface area contributed by atoms with Gasteiger partial charge in [-0.15, -0.1) is 0 Å². The maximum absolute atomic E-state index is 14.9. The number of nitrogens with two attached hydrogens (primary N) is 1. The van der Waals surface area contributed by atoms with E-state index in [1.165, 1.54) is 25.4 Å². The van der Waals surface area contributed by atoms with Crippen LogP contribution >= 0.6 is 0 Å². The van der Waals surface area contributed by atoms with Gasteiger partial charge >= 0.3 is 0 Å². The predicted octanol–water partition coefficient (Wildman–Crippen LogP) is 3.32. The normalized spacial score (nSPS) is 12.3. The number of hydrogen-bond acceptors (Lipinski definition) is 5. The first-order valence-electron chi connectivity index (χ1n) is 7.17. The minimum absolute atomic E-state index is 0.145. The second-order valence-electron chi connectivity index (χ2n) is 5.26. The van der Waals surface area contributed by atoms with Gasteiger partial charge in [0.2, 0.25) is 5.91 Å². The van der Waals surface area contributed by atoms with E-state index in [0.29, 0.717) is 11.0 Å². The third-order valence-corrected chi connectivity index (χ3v) is 3.54. The van der Waals surface area contributed by atoms with Crippen LogP contribution in [0.15, 0.2) is 35.1 Å². The van der Waals surface area contributed by atoms with Crippen LogP contribution < -0.4 is 11.1 Å². The molecule has 3 N–H and O–H groups in total. The van der Waals surface area contributed by atoms with Crippen molar-refractivity contribution in [3.63, 3.8) is 0 Å². The lowest BCUT2D eigenvalue weighted by molar-refractivity contribution is -0.114. The van der Waals surface area contributed by atoms with Crippen molar-refractivity contribution in [1.82, 2.24) is 9.97 Å². The van der Waals surface area contributed by atoms with E-state index in [9.17, 15) is 9.18 Å². The molecule has 0 saturated heterocycles. The second kappa shape index (κ2) is 6.99. The number of hydrogen-bond donors (Lipinski definition) is 2. The lowest BCUT2D eigenvalue weighted by Gasteiger charge is -2.11. The van der Waals surface area contributed by atoms with Crippen LogP contribution in [0.3, 0.4) is 0 Å². The van der Waals surface area contributed by atoms with Crippen LogP contribution in [-0.4, -0.2) is 22.6 Å². The molecule has 0 spiro atoms. The Kier molecular flexibility index (Phi) is 5.03. The van der Waals surface area contributed by atoms with Crippen molar-refractivity contribution in [2.45, 2.75) is 20.8 Å². The largest absolute Gasteiger partial charge is 0.383 e. The van der Waals surface area contributed by atoms with Crippen molar-refractivity contribution >= 4 is 40.6 Å². The molecule has 2 rings (SSSR count). The van der Waals surface area contributed by atoms with Crippen molar-refractivity contribution in [1.29, 1.82) is 0 Å². The summed E-state index contributed by atoms with van der Waals surface area (Å²) in [6.07, 6.45) is 4.61. The van der Waals surface area contributed by atoms with Gasteiger partial charge in [0, 0.05) is 30.1 Å². The molecule has 0 radical (unpaired) electrons. The Balaban J connectivity index is 2.68. The highest BCUT2D eigenvalue weighted by Crippen LogP contribution is 2.30. The minimum atomic E-state index is -0.523. The molecule has 0 aliphatic rings. The quantitative estimate of drug-likeness (QED) is 0.665. The molecule has 2 aromatic rings. The second-order valence-corrected chi connectivity index (χ2v) is 5.26. The van der Waals surface area contributed by atoms with Crippen LogP contribution in [0, 0.1) is 5.82 Å². The van der Waals surface area contributed by atoms with Gasteiger partial charge in [-0.3, -0.25) is 9.79 Å².